The Hall–Kier alpha value is -1.85. The molecule has 0 radical (unpaired) electrons. The fourth-order valence-corrected chi connectivity index (χ4v) is 7.79. The van der Waals surface area contributed by atoms with Crippen molar-refractivity contribution in [2.75, 3.05) is 13.2 Å². The Labute approximate surface area is 367 Å². The van der Waals surface area contributed by atoms with Crippen molar-refractivity contribution in [2.24, 2.45) is 0 Å². The molecule has 0 aromatic heterocycles. The highest BCUT2D eigenvalue weighted by Gasteiger charge is 2.19. The van der Waals surface area contributed by atoms with E-state index in [4.69, 9.17) is 14.2 Å². The van der Waals surface area contributed by atoms with Gasteiger partial charge in [0.05, 0.1) is 0 Å². The fourth-order valence-electron chi connectivity index (χ4n) is 7.79. The van der Waals surface area contributed by atoms with Gasteiger partial charge in [0.15, 0.2) is 6.10 Å². The quantitative estimate of drug-likeness (QED) is 0.0263. The molecule has 0 aromatic carbocycles. The zero-order valence-electron chi connectivity index (χ0n) is 39.8. The monoisotopic (exact) mass is 833 g/mol. The highest BCUT2D eigenvalue weighted by Crippen LogP contribution is 2.16. The maximum atomic E-state index is 12.7. The van der Waals surface area contributed by atoms with Gasteiger partial charge in [0, 0.05) is 19.3 Å². The molecule has 0 heterocycles. The Morgan fingerprint density at radius 1 is 0.322 bits per heavy atom. The predicted octanol–water partition coefficient (Wildman–Crippen LogP) is 17.0. The van der Waals surface area contributed by atoms with Crippen molar-refractivity contribution < 1.29 is 28.6 Å². The summed E-state index contributed by atoms with van der Waals surface area (Å²) in [4.78, 5) is 37.8. The minimum atomic E-state index is -0.762. The molecule has 0 saturated carbocycles. The molecule has 1 atom stereocenters. The summed E-state index contributed by atoms with van der Waals surface area (Å²) in [6, 6.07) is 0. The average Bonchev–Trinajstić information content (AvgIpc) is 3.23. The third kappa shape index (κ3) is 47.1. The molecule has 0 aromatic rings. The second-order valence-corrected chi connectivity index (χ2v) is 17.8. The number of carbonyl (C=O) groups is 3. The second kappa shape index (κ2) is 48.8. The van der Waals surface area contributed by atoms with Crippen molar-refractivity contribution in [3.8, 4) is 0 Å². The molecule has 0 N–H and O–H groups in total. The van der Waals surface area contributed by atoms with E-state index in [0.29, 0.717) is 19.3 Å². The second-order valence-electron chi connectivity index (χ2n) is 17.8. The van der Waals surface area contributed by atoms with Crippen molar-refractivity contribution in [2.45, 2.75) is 297 Å². The number of hydrogen-bond acceptors (Lipinski definition) is 6. The number of unbranched alkanes of at least 4 members (excludes halogenated alkanes) is 35. The number of ether oxygens (including phenoxy) is 3. The van der Waals surface area contributed by atoms with E-state index in [1.54, 1.807) is 0 Å². The maximum absolute atomic E-state index is 12.7. The summed E-state index contributed by atoms with van der Waals surface area (Å²) in [6.45, 7) is 6.64. The molecule has 0 fully saturated rings. The van der Waals surface area contributed by atoms with Gasteiger partial charge in [-0.15, -0.1) is 0 Å². The first-order chi connectivity index (χ1) is 29.0. The summed E-state index contributed by atoms with van der Waals surface area (Å²) in [6.07, 6.45) is 53.5. The summed E-state index contributed by atoms with van der Waals surface area (Å²) >= 11 is 0. The van der Waals surface area contributed by atoms with Crippen LogP contribution in [-0.2, 0) is 28.6 Å². The van der Waals surface area contributed by atoms with E-state index in [9.17, 15) is 14.4 Å². The Morgan fingerprint density at radius 2 is 0.559 bits per heavy atom. The van der Waals surface area contributed by atoms with Crippen molar-refractivity contribution in [1.82, 2.24) is 0 Å². The lowest BCUT2D eigenvalue weighted by molar-refractivity contribution is -0.167. The normalized spacial score (nSPS) is 12.0. The SMILES string of the molecule is CCCCCCCCCC/C=C\CCCCCCCCCCCC(=O)OCC(COC(=O)CCCCCCCCCCCC)OC(=O)CCCCCCCCCCCC. The van der Waals surface area contributed by atoms with Gasteiger partial charge in [0.25, 0.3) is 0 Å². The van der Waals surface area contributed by atoms with Gasteiger partial charge in [-0.25, -0.2) is 0 Å². The van der Waals surface area contributed by atoms with Crippen LogP contribution in [0.25, 0.3) is 0 Å². The molecular formula is C53H100O6. The summed E-state index contributed by atoms with van der Waals surface area (Å²) in [7, 11) is 0. The number of hydrogen-bond donors (Lipinski definition) is 0. The summed E-state index contributed by atoms with van der Waals surface area (Å²) in [5.74, 6) is -0.856. The lowest BCUT2D eigenvalue weighted by Gasteiger charge is -2.18. The number of esters is 3. The van der Waals surface area contributed by atoms with Gasteiger partial charge in [-0.05, 0) is 44.9 Å². The van der Waals surface area contributed by atoms with Gasteiger partial charge in [-0.1, -0.05) is 238 Å². The van der Waals surface area contributed by atoms with Gasteiger partial charge < -0.3 is 14.2 Å². The molecule has 6 nitrogen and oxygen atoms in total. The van der Waals surface area contributed by atoms with Gasteiger partial charge in [0.2, 0.25) is 0 Å². The van der Waals surface area contributed by atoms with Crippen LogP contribution >= 0.6 is 0 Å². The molecule has 348 valence electrons. The standard InChI is InChI=1S/C53H100O6/c1-4-7-10-13-16-19-22-23-24-25-26-27-28-29-30-31-32-35-37-40-43-46-52(55)58-49-50(59-53(56)47-44-41-38-34-21-18-15-12-9-6-3)48-57-51(54)45-42-39-36-33-20-17-14-11-8-5-2/h25-26,50H,4-24,27-49H2,1-3H3/b26-25-. The highest BCUT2D eigenvalue weighted by molar-refractivity contribution is 5.71. The summed E-state index contributed by atoms with van der Waals surface area (Å²) in [5.41, 5.74) is 0. The predicted molar refractivity (Wildman–Crippen MR) is 252 cm³/mol. The van der Waals surface area contributed by atoms with Crippen LogP contribution in [0.4, 0.5) is 0 Å². The first-order valence-corrected chi connectivity index (χ1v) is 26.2. The first-order valence-electron chi connectivity index (χ1n) is 26.2. The maximum Gasteiger partial charge on any atom is 0.306 e. The molecule has 0 bridgehead atoms. The number of carbonyl (C=O) groups excluding carboxylic acids is 3. The molecule has 0 saturated heterocycles. The van der Waals surface area contributed by atoms with Crippen LogP contribution in [-0.4, -0.2) is 37.2 Å². The van der Waals surface area contributed by atoms with Crippen LogP contribution in [0, 0.1) is 0 Å². The molecule has 6 heteroatoms. The van der Waals surface area contributed by atoms with Crippen molar-refractivity contribution in [3.05, 3.63) is 12.2 Å². The molecule has 59 heavy (non-hydrogen) atoms. The van der Waals surface area contributed by atoms with E-state index in [0.717, 1.165) is 57.8 Å². The van der Waals surface area contributed by atoms with Crippen molar-refractivity contribution >= 4 is 17.9 Å². The lowest BCUT2D eigenvalue weighted by atomic mass is 10.1. The Bertz CT molecular complexity index is 916. The smallest absolute Gasteiger partial charge is 0.306 e. The molecule has 0 rings (SSSR count). The van der Waals surface area contributed by atoms with E-state index in [1.165, 1.54) is 193 Å². The van der Waals surface area contributed by atoms with Crippen molar-refractivity contribution in [1.29, 1.82) is 0 Å². The molecule has 0 amide bonds. The Kier molecular flexibility index (Phi) is 47.3. The highest BCUT2D eigenvalue weighted by atomic mass is 16.6. The minimum absolute atomic E-state index is 0.0658. The molecule has 1 unspecified atom stereocenters. The Balaban J connectivity index is 4.18. The van der Waals surface area contributed by atoms with E-state index < -0.39 is 6.10 Å². The van der Waals surface area contributed by atoms with Crippen LogP contribution in [0.15, 0.2) is 12.2 Å². The lowest BCUT2D eigenvalue weighted by Crippen LogP contribution is -2.30. The molecular weight excluding hydrogens is 733 g/mol. The van der Waals surface area contributed by atoms with Crippen LogP contribution in [0.5, 0.6) is 0 Å². The third-order valence-electron chi connectivity index (χ3n) is 11.8. The molecule has 0 aliphatic heterocycles. The number of allylic oxidation sites excluding steroid dienone is 2. The minimum Gasteiger partial charge on any atom is -0.462 e. The largest absolute Gasteiger partial charge is 0.462 e. The average molecular weight is 833 g/mol. The van der Waals surface area contributed by atoms with Gasteiger partial charge >= 0.3 is 17.9 Å². The number of rotatable bonds is 48. The van der Waals surface area contributed by atoms with E-state index in [2.05, 4.69) is 32.9 Å². The van der Waals surface area contributed by atoms with Crippen molar-refractivity contribution in [3.63, 3.8) is 0 Å². The van der Waals surface area contributed by atoms with Crippen LogP contribution < -0.4 is 0 Å². The Morgan fingerprint density at radius 3 is 0.847 bits per heavy atom. The van der Waals surface area contributed by atoms with E-state index in [-0.39, 0.29) is 31.1 Å². The molecule has 0 aliphatic rings. The molecule has 0 spiro atoms. The third-order valence-corrected chi connectivity index (χ3v) is 11.8. The van der Waals surface area contributed by atoms with Gasteiger partial charge in [0.1, 0.15) is 13.2 Å². The van der Waals surface area contributed by atoms with Gasteiger partial charge in [-0.2, -0.15) is 0 Å². The topological polar surface area (TPSA) is 78.9 Å². The fraction of sp³-hybridized carbons (Fsp3) is 0.906. The van der Waals surface area contributed by atoms with E-state index >= 15 is 0 Å². The van der Waals surface area contributed by atoms with Crippen LogP contribution in [0.2, 0.25) is 0 Å². The van der Waals surface area contributed by atoms with Crippen LogP contribution in [0.3, 0.4) is 0 Å². The van der Waals surface area contributed by atoms with E-state index in [1.807, 2.05) is 0 Å². The first kappa shape index (κ1) is 57.1. The van der Waals surface area contributed by atoms with Crippen LogP contribution in [0.1, 0.15) is 290 Å². The molecule has 0 aliphatic carbocycles. The summed E-state index contributed by atoms with van der Waals surface area (Å²) < 4.78 is 16.8. The zero-order chi connectivity index (χ0) is 43.0. The van der Waals surface area contributed by atoms with Gasteiger partial charge in [-0.3, -0.25) is 14.4 Å². The summed E-state index contributed by atoms with van der Waals surface area (Å²) in [5, 5.41) is 0. The zero-order valence-corrected chi connectivity index (χ0v) is 39.8.